The number of amides is 1. The number of hydrogen-bond donors (Lipinski definition) is 2. The van der Waals surface area contributed by atoms with Crippen LogP contribution in [0.3, 0.4) is 0 Å². The Morgan fingerprint density at radius 2 is 1.90 bits per heavy atom. The molecule has 7 nitrogen and oxygen atoms in total. The fraction of sp³-hybridized carbons (Fsp3) is 0.500. The van der Waals surface area contributed by atoms with Gasteiger partial charge in [0, 0.05) is 17.0 Å². The molecule has 0 fully saturated rings. The van der Waals surface area contributed by atoms with Gasteiger partial charge in [0.2, 0.25) is 0 Å². The van der Waals surface area contributed by atoms with Crippen molar-refractivity contribution in [2.45, 2.75) is 65.0 Å². The maximum absolute atomic E-state index is 12.4. The van der Waals surface area contributed by atoms with Gasteiger partial charge in [-0.1, -0.05) is 20.3 Å². The third-order valence-corrected chi connectivity index (χ3v) is 5.65. The van der Waals surface area contributed by atoms with Gasteiger partial charge in [-0.15, -0.1) is 0 Å². The van der Waals surface area contributed by atoms with E-state index in [1.54, 1.807) is 26.0 Å². The second kappa shape index (κ2) is 8.68. The van der Waals surface area contributed by atoms with E-state index in [2.05, 4.69) is 5.32 Å². The first-order valence-electron chi connectivity index (χ1n) is 10.1. The summed E-state index contributed by atoms with van der Waals surface area (Å²) in [6.07, 6.45) is 3.35. The Morgan fingerprint density at radius 1 is 1.21 bits per heavy atom. The number of fused-ring (bicyclic) bond motifs is 3. The van der Waals surface area contributed by atoms with Gasteiger partial charge < -0.3 is 19.6 Å². The molecule has 0 unspecified atom stereocenters. The van der Waals surface area contributed by atoms with Crippen molar-refractivity contribution in [1.29, 1.82) is 0 Å². The van der Waals surface area contributed by atoms with Crippen molar-refractivity contribution in [2.75, 3.05) is 0 Å². The molecule has 3 atom stereocenters. The number of carboxylic acid groups (broad SMARTS) is 1. The lowest BCUT2D eigenvalue weighted by molar-refractivity contribution is -0.144. The standard InChI is InChI=1S/C22H27NO6/c1-4-12(2)19(21(25)26)23-20(24)13(3)28-14-9-10-16-15-7-5-6-8-17(15)22(27)29-18(16)11-14/h9-13,19H,4-8H2,1-3H3,(H,23,24)(H,25,26)/t12-,13+,19+/m1/s1. The van der Waals surface area contributed by atoms with E-state index in [1.165, 1.54) is 0 Å². The highest BCUT2D eigenvalue weighted by molar-refractivity contribution is 5.87. The van der Waals surface area contributed by atoms with Gasteiger partial charge in [-0.05, 0) is 56.2 Å². The van der Waals surface area contributed by atoms with Crippen molar-refractivity contribution in [3.8, 4) is 5.75 Å². The number of ether oxygens (including phenoxy) is 1. The highest BCUT2D eigenvalue weighted by atomic mass is 16.5. The number of hydrogen-bond acceptors (Lipinski definition) is 5. The Morgan fingerprint density at radius 3 is 2.55 bits per heavy atom. The van der Waals surface area contributed by atoms with Crippen LogP contribution >= 0.6 is 0 Å². The molecule has 0 spiro atoms. The van der Waals surface area contributed by atoms with Crippen molar-refractivity contribution in [3.63, 3.8) is 0 Å². The predicted octanol–water partition coefficient (Wildman–Crippen LogP) is 3.05. The van der Waals surface area contributed by atoms with Crippen LogP contribution in [0.15, 0.2) is 27.4 Å². The van der Waals surface area contributed by atoms with Crippen molar-refractivity contribution < 1.29 is 23.8 Å². The summed E-state index contributed by atoms with van der Waals surface area (Å²) in [5.74, 6) is -1.40. The molecule has 0 saturated heterocycles. The van der Waals surface area contributed by atoms with E-state index >= 15 is 0 Å². The van der Waals surface area contributed by atoms with Gasteiger partial charge in [-0.25, -0.2) is 9.59 Å². The first-order chi connectivity index (χ1) is 13.8. The lowest BCUT2D eigenvalue weighted by Gasteiger charge is -2.22. The molecule has 3 rings (SSSR count). The van der Waals surface area contributed by atoms with Gasteiger partial charge in [-0.3, -0.25) is 4.79 Å². The maximum Gasteiger partial charge on any atom is 0.339 e. The van der Waals surface area contributed by atoms with Crippen molar-refractivity contribution in [3.05, 3.63) is 39.7 Å². The molecule has 1 amide bonds. The number of nitrogens with one attached hydrogen (secondary N) is 1. The van der Waals surface area contributed by atoms with Crippen LogP contribution in [-0.4, -0.2) is 29.1 Å². The first kappa shape index (κ1) is 20.9. The fourth-order valence-electron chi connectivity index (χ4n) is 3.71. The molecule has 2 N–H and O–H groups in total. The molecule has 156 valence electrons. The summed E-state index contributed by atoms with van der Waals surface area (Å²) in [5.41, 5.74) is 1.92. The molecule has 1 aliphatic carbocycles. The van der Waals surface area contributed by atoms with E-state index in [-0.39, 0.29) is 11.5 Å². The molecule has 29 heavy (non-hydrogen) atoms. The molecule has 1 aromatic carbocycles. The average molecular weight is 401 g/mol. The highest BCUT2D eigenvalue weighted by Gasteiger charge is 2.28. The van der Waals surface area contributed by atoms with Crippen molar-refractivity contribution in [2.24, 2.45) is 5.92 Å². The summed E-state index contributed by atoms with van der Waals surface area (Å²) in [4.78, 5) is 36.1. The minimum absolute atomic E-state index is 0.204. The fourth-order valence-corrected chi connectivity index (χ4v) is 3.71. The lowest BCUT2D eigenvalue weighted by atomic mass is 9.91. The second-order valence-corrected chi connectivity index (χ2v) is 7.68. The zero-order valence-corrected chi connectivity index (χ0v) is 17.0. The summed E-state index contributed by atoms with van der Waals surface area (Å²) in [7, 11) is 0. The highest BCUT2D eigenvalue weighted by Crippen LogP contribution is 2.29. The van der Waals surface area contributed by atoms with Crippen LogP contribution < -0.4 is 15.7 Å². The smallest absolute Gasteiger partial charge is 0.339 e. The zero-order valence-electron chi connectivity index (χ0n) is 17.0. The lowest BCUT2D eigenvalue weighted by Crippen LogP contribution is -2.49. The number of rotatable bonds is 7. The molecule has 2 aromatic rings. The number of aryl methyl sites for hydroxylation is 1. The van der Waals surface area contributed by atoms with Crippen molar-refractivity contribution in [1.82, 2.24) is 5.32 Å². The number of carbonyl (C=O) groups excluding carboxylic acids is 1. The Balaban J connectivity index is 1.78. The Kier molecular flexibility index (Phi) is 6.25. The summed E-state index contributed by atoms with van der Waals surface area (Å²) in [6, 6.07) is 4.23. The van der Waals surface area contributed by atoms with Crippen LogP contribution in [0.2, 0.25) is 0 Å². The van der Waals surface area contributed by atoms with Crippen LogP contribution in [0.5, 0.6) is 5.75 Å². The van der Waals surface area contributed by atoms with Crippen molar-refractivity contribution >= 4 is 22.8 Å². The molecule has 1 heterocycles. The molecule has 1 aliphatic rings. The number of carboxylic acids is 1. The van der Waals surface area contributed by atoms with Crippen LogP contribution in [0, 0.1) is 5.92 Å². The number of benzene rings is 1. The zero-order chi connectivity index (χ0) is 21.1. The van der Waals surface area contributed by atoms with E-state index in [1.807, 2.05) is 13.0 Å². The topological polar surface area (TPSA) is 106 Å². The molecule has 1 aromatic heterocycles. The second-order valence-electron chi connectivity index (χ2n) is 7.68. The predicted molar refractivity (Wildman–Crippen MR) is 108 cm³/mol. The van der Waals surface area contributed by atoms with E-state index in [9.17, 15) is 19.5 Å². The summed E-state index contributed by atoms with van der Waals surface area (Å²) in [6.45, 7) is 5.20. The monoisotopic (exact) mass is 401 g/mol. The number of carbonyl (C=O) groups is 2. The summed E-state index contributed by atoms with van der Waals surface area (Å²) < 4.78 is 11.2. The summed E-state index contributed by atoms with van der Waals surface area (Å²) in [5, 5.41) is 12.8. The molecule has 0 radical (unpaired) electrons. The van der Waals surface area contributed by atoms with E-state index in [0.29, 0.717) is 17.8 Å². The van der Waals surface area contributed by atoms with Gasteiger partial charge in [0.25, 0.3) is 5.91 Å². The Hall–Kier alpha value is -2.83. The van der Waals surface area contributed by atoms with Gasteiger partial charge in [0.1, 0.15) is 17.4 Å². The van der Waals surface area contributed by atoms with Gasteiger partial charge in [0.15, 0.2) is 6.10 Å². The van der Waals surface area contributed by atoms with Gasteiger partial charge in [0.05, 0.1) is 0 Å². The van der Waals surface area contributed by atoms with Crippen LogP contribution in [0.1, 0.15) is 51.2 Å². The molecular weight excluding hydrogens is 374 g/mol. The van der Waals surface area contributed by atoms with Crippen LogP contribution in [0.4, 0.5) is 0 Å². The molecule has 7 heteroatoms. The SMILES string of the molecule is CC[C@@H](C)[C@H](NC(=O)[C@H](C)Oc1ccc2c3c(c(=O)oc2c1)CCCC3)C(=O)O. The minimum atomic E-state index is -1.07. The minimum Gasteiger partial charge on any atom is -0.481 e. The molecule has 0 saturated carbocycles. The summed E-state index contributed by atoms with van der Waals surface area (Å²) >= 11 is 0. The largest absolute Gasteiger partial charge is 0.481 e. The quantitative estimate of drug-likeness (QED) is 0.691. The van der Waals surface area contributed by atoms with Crippen LogP contribution in [0.25, 0.3) is 11.0 Å². The molecule has 0 aliphatic heterocycles. The molecular formula is C22H27NO6. The first-order valence-corrected chi connectivity index (χ1v) is 10.1. The normalized spacial score (nSPS) is 16.5. The average Bonchev–Trinajstić information content (AvgIpc) is 2.71. The van der Waals surface area contributed by atoms with Crippen LogP contribution in [-0.2, 0) is 22.4 Å². The van der Waals surface area contributed by atoms with Gasteiger partial charge >= 0.3 is 11.6 Å². The maximum atomic E-state index is 12.4. The number of aliphatic carboxylic acids is 1. The molecule has 0 bridgehead atoms. The van der Waals surface area contributed by atoms with E-state index in [0.717, 1.165) is 42.2 Å². The third-order valence-electron chi connectivity index (χ3n) is 5.65. The van der Waals surface area contributed by atoms with E-state index < -0.39 is 24.0 Å². The van der Waals surface area contributed by atoms with E-state index in [4.69, 9.17) is 9.15 Å². The Labute approximate surface area is 169 Å². The third kappa shape index (κ3) is 4.44. The van der Waals surface area contributed by atoms with Gasteiger partial charge in [-0.2, -0.15) is 0 Å². The Bertz CT molecular complexity index is 979.